The zero-order chi connectivity index (χ0) is 12.1. The van der Waals surface area contributed by atoms with Gasteiger partial charge in [-0.05, 0) is 13.3 Å². The second-order valence-corrected chi connectivity index (χ2v) is 3.78. The smallest absolute Gasteiger partial charge is 0.328 e. The molecular formula is C10H16N2O4. The Kier molecular flexibility index (Phi) is 4.45. The summed E-state index contributed by atoms with van der Waals surface area (Å²) in [6, 6.07) is 0. The number of aromatic nitrogens is 2. The fourth-order valence-corrected chi connectivity index (χ4v) is 1.46. The van der Waals surface area contributed by atoms with Crippen LogP contribution in [0.15, 0.2) is 15.8 Å². The van der Waals surface area contributed by atoms with Crippen LogP contribution in [0.5, 0.6) is 0 Å². The minimum atomic E-state index is -0.494. The van der Waals surface area contributed by atoms with Crippen LogP contribution in [0.4, 0.5) is 0 Å². The summed E-state index contributed by atoms with van der Waals surface area (Å²) in [4.78, 5) is 24.7. The van der Waals surface area contributed by atoms with Crippen LogP contribution < -0.4 is 11.2 Å². The highest BCUT2D eigenvalue weighted by molar-refractivity contribution is 5.00. The van der Waals surface area contributed by atoms with Crippen LogP contribution in [0.3, 0.4) is 0 Å². The molecule has 0 saturated heterocycles. The standard InChI is InChI=1S/C10H16N2O4/c1-7-4-12(10(16)11-9(7)15)5-8(6-14)2-3-13/h4,8,13-14H,2-3,5-6H2,1H3,(H,11,15,16). The molecule has 1 aromatic heterocycles. The third-order valence-electron chi connectivity index (χ3n) is 2.44. The van der Waals surface area contributed by atoms with Crippen molar-refractivity contribution in [3.8, 4) is 0 Å². The van der Waals surface area contributed by atoms with Crippen molar-refractivity contribution in [1.82, 2.24) is 9.55 Å². The Labute approximate surface area is 92.2 Å². The second kappa shape index (κ2) is 5.62. The highest BCUT2D eigenvalue weighted by Crippen LogP contribution is 2.03. The van der Waals surface area contributed by atoms with Gasteiger partial charge in [0.25, 0.3) is 5.56 Å². The molecule has 1 unspecified atom stereocenters. The molecule has 0 aromatic carbocycles. The molecule has 3 N–H and O–H groups in total. The Bertz CT molecular complexity index is 449. The monoisotopic (exact) mass is 228 g/mol. The zero-order valence-corrected chi connectivity index (χ0v) is 9.14. The number of nitrogens with one attached hydrogen (secondary N) is 1. The quantitative estimate of drug-likeness (QED) is 0.592. The predicted molar refractivity (Wildman–Crippen MR) is 58.3 cm³/mol. The Morgan fingerprint density at radius 2 is 2.12 bits per heavy atom. The second-order valence-electron chi connectivity index (χ2n) is 3.78. The number of nitrogens with zero attached hydrogens (tertiary/aromatic N) is 1. The van der Waals surface area contributed by atoms with Crippen LogP contribution in [0.1, 0.15) is 12.0 Å². The predicted octanol–water partition coefficient (Wildman–Crippen LogP) is -1.16. The van der Waals surface area contributed by atoms with Crippen molar-refractivity contribution >= 4 is 0 Å². The number of hydrogen-bond acceptors (Lipinski definition) is 4. The average molecular weight is 228 g/mol. The first-order valence-corrected chi connectivity index (χ1v) is 5.10. The van der Waals surface area contributed by atoms with Crippen LogP contribution >= 0.6 is 0 Å². The molecule has 0 radical (unpaired) electrons. The van der Waals surface area contributed by atoms with Crippen molar-refractivity contribution in [2.24, 2.45) is 5.92 Å². The molecule has 1 atom stereocenters. The summed E-state index contributed by atoms with van der Waals surface area (Å²) in [6.07, 6.45) is 1.88. The number of aryl methyl sites for hydroxylation is 1. The molecule has 0 fully saturated rings. The minimum Gasteiger partial charge on any atom is -0.396 e. The van der Waals surface area contributed by atoms with Crippen LogP contribution in [0.25, 0.3) is 0 Å². The fraction of sp³-hybridized carbons (Fsp3) is 0.600. The summed E-state index contributed by atoms with van der Waals surface area (Å²) in [6.45, 7) is 1.75. The van der Waals surface area contributed by atoms with Gasteiger partial charge in [-0.25, -0.2) is 4.79 Å². The zero-order valence-electron chi connectivity index (χ0n) is 9.14. The molecule has 1 heterocycles. The number of aromatic amines is 1. The van der Waals surface area contributed by atoms with Gasteiger partial charge >= 0.3 is 5.69 Å². The number of hydrogen-bond donors (Lipinski definition) is 3. The molecule has 6 heteroatoms. The molecule has 0 amide bonds. The van der Waals surface area contributed by atoms with Crippen LogP contribution in [-0.4, -0.2) is 33.0 Å². The molecule has 0 aliphatic rings. The summed E-state index contributed by atoms with van der Waals surface area (Å²) in [7, 11) is 0. The van der Waals surface area contributed by atoms with Crippen molar-refractivity contribution < 1.29 is 10.2 Å². The normalized spacial score (nSPS) is 12.7. The molecule has 0 spiro atoms. The van der Waals surface area contributed by atoms with E-state index in [4.69, 9.17) is 10.2 Å². The van der Waals surface area contributed by atoms with E-state index in [-0.39, 0.29) is 25.7 Å². The highest BCUT2D eigenvalue weighted by atomic mass is 16.3. The van der Waals surface area contributed by atoms with E-state index in [1.165, 1.54) is 10.8 Å². The molecule has 1 rings (SSSR count). The number of aliphatic hydroxyl groups excluding tert-OH is 2. The first-order chi connectivity index (χ1) is 7.58. The topological polar surface area (TPSA) is 95.3 Å². The SMILES string of the molecule is Cc1cn(CC(CO)CCO)c(=O)[nH]c1=O. The Balaban J connectivity index is 2.92. The lowest BCUT2D eigenvalue weighted by atomic mass is 10.1. The Morgan fingerprint density at radius 3 is 2.69 bits per heavy atom. The molecule has 1 aromatic rings. The molecular weight excluding hydrogens is 212 g/mol. The van der Waals surface area contributed by atoms with Gasteiger partial charge in [-0.3, -0.25) is 14.3 Å². The maximum absolute atomic E-state index is 11.4. The summed E-state index contributed by atoms with van der Waals surface area (Å²) >= 11 is 0. The van der Waals surface area contributed by atoms with Crippen molar-refractivity contribution in [3.63, 3.8) is 0 Å². The van der Waals surface area contributed by atoms with Crippen molar-refractivity contribution in [2.45, 2.75) is 19.9 Å². The summed E-state index contributed by atoms with van der Waals surface area (Å²) in [5.74, 6) is -0.187. The lowest BCUT2D eigenvalue weighted by Crippen LogP contribution is -2.33. The Hall–Kier alpha value is -1.40. The first kappa shape index (κ1) is 12.7. The maximum atomic E-state index is 11.4. The molecule has 0 bridgehead atoms. The van der Waals surface area contributed by atoms with E-state index >= 15 is 0 Å². The van der Waals surface area contributed by atoms with Gasteiger partial charge in [0.05, 0.1) is 0 Å². The van der Waals surface area contributed by atoms with Gasteiger partial charge in [-0.15, -0.1) is 0 Å². The lowest BCUT2D eigenvalue weighted by Gasteiger charge is -2.14. The summed E-state index contributed by atoms with van der Waals surface area (Å²) in [5, 5.41) is 17.8. The molecule has 0 saturated carbocycles. The van der Waals surface area contributed by atoms with Crippen molar-refractivity contribution in [2.75, 3.05) is 13.2 Å². The number of H-pyrrole nitrogens is 1. The van der Waals surface area contributed by atoms with E-state index in [0.29, 0.717) is 12.0 Å². The Morgan fingerprint density at radius 1 is 1.44 bits per heavy atom. The van der Waals surface area contributed by atoms with Gasteiger partial charge in [0.2, 0.25) is 0 Å². The molecule has 90 valence electrons. The van der Waals surface area contributed by atoms with E-state index in [9.17, 15) is 9.59 Å². The maximum Gasteiger partial charge on any atom is 0.328 e. The number of aliphatic hydroxyl groups is 2. The van der Waals surface area contributed by atoms with Gasteiger partial charge in [0.15, 0.2) is 0 Å². The van der Waals surface area contributed by atoms with Crippen LogP contribution in [0, 0.1) is 12.8 Å². The molecule has 0 aliphatic carbocycles. The fourth-order valence-electron chi connectivity index (χ4n) is 1.46. The van der Waals surface area contributed by atoms with Crippen molar-refractivity contribution in [3.05, 3.63) is 32.6 Å². The number of rotatable bonds is 5. The average Bonchev–Trinajstić information content (AvgIpc) is 2.25. The van der Waals surface area contributed by atoms with Crippen LogP contribution in [-0.2, 0) is 6.54 Å². The molecule has 6 nitrogen and oxygen atoms in total. The van der Waals surface area contributed by atoms with E-state index in [1.54, 1.807) is 6.92 Å². The largest absolute Gasteiger partial charge is 0.396 e. The van der Waals surface area contributed by atoms with E-state index in [0.717, 1.165) is 0 Å². The van der Waals surface area contributed by atoms with E-state index < -0.39 is 11.2 Å². The van der Waals surface area contributed by atoms with E-state index in [1.807, 2.05) is 0 Å². The molecule has 16 heavy (non-hydrogen) atoms. The summed E-state index contributed by atoms with van der Waals surface area (Å²) < 4.78 is 1.34. The summed E-state index contributed by atoms with van der Waals surface area (Å²) in [5.41, 5.74) is -0.448. The third kappa shape index (κ3) is 3.04. The van der Waals surface area contributed by atoms with Gasteiger partial charge < -0.3 is 10.2 Å². The molecule has 0 aliphatic heterocycles. The van der Waals surface area contributed by atoms with Gasteiger partial charge in [0.1, 0.15) is 0 Å². The van der Waals surface area contributed by atoms with Gasteiger partial charge in [0, 0.05) is 37.4 Å². The van der Waals surface area contributed by atoms with Crippen molar-refractivity contribution in [1.29, 1.82) is 0 Å². The van der Waals surface area contributed by atoms with E-state index in [2.05, 4.69) is 4.98 Å². The third-order valence-corrected chi connectivity index (χ3v) is 2.44. The van der Waals surface area contributed by atoms with Crippen LogP contribution in [0.2, 0.25) is 0 Å². The first-order valence-electron chi connectivity index (χ1n) is 5.10. The highest BCUT2D eigenvalue weighted by Gasteiger charge is 2.09. The van der Waals surface area contributed by atoms with Gasteiger partial charge in [-0.1, -0.05) is 0 Å². The van der Waals surface area contributed by atoms with Gasteiger partial charge in [-0.2, -0.15) is 0 Å². The lowest BCUT2D eigenvalue weighted by molar-refractivity contribution is 0.169. The minimum absolute atomic E-state index is 0.0394.